The molecule has 26 heavy (non-hydrogen) atoms. The Morgan fingerprint density at radius 1 is 1.15 bits per heavy atom. The summed E-state index contributed by atoms with van der Waals surface area (Å²) >= 11 is 0. The zero-order chi connectivity index (χ0) is 18.9. The van der Waals surface area contributed by atoms with E-state index in [0.717, 1.165) is 34.6 Å². The fraction of sp³-hybridized carbons (Fsp3) is 0.167. The molecule has 3 N–H and O–H groups in total. The maximum atomic E-state index is 6.20. The van der Waals surface area contributed by atoms with E-state index in [4.69, 9.17) is 5.73 Å². The molecule has 0 bridgehead atoms. The van der Waals surface area contributed by atoms with Gasteiger partial charge in [-0.2, -0.15) is 0 Å². The topological polar surface area (TPSA) is 38.0 Å². The third-order valence-corrected chi connectivity index (χ3v) is 4.19. The largest absolute Gasteiger partial charge is 0.398 e. The van der Waals surface area contributed by atoms with Gasteiger partial charge in [-0.1, -0.05) is 62.1 Å². The lowest BCUT2D eigenvalue weighted by molar-refractivity contribution is 1.22. The first-order chi connectivity index (χ1) is 12.6. The number of para-hydroxylation sites is 1. The minimum Gasteiger partial charge on any atom is -0.398 e. The number of hydrogen-bond donors (Lipinski definition) is 2. The van der Waals surface area contributed by atoms with Gasteiger partial charge in [0.1, 0.15) is 0 Å². The van der Waals surface area contributed by atoms with E-state index >= 15 is 0 Å². The Kier molecular flexibility index (Phi) is 7.04. The number of anilines is 3. The van der Waals surface area contributed by atoms with Crippen molar-refractivity contribution in [1.29, 1.82) is 0 Å². The van der Waals surface area contributed by atoms with Crippen LogP contribution in [0.3, 0.4) is 0 Å². The van der Waals surface area contributed by atoms with Gasteiger partial charge in [-0.05, 0) is 55.7 Å². The molecule has 0 saturated carbocycles. The quantitative estimate of drug-likeness (QED) is 0.420. The van der Waals surface area contributed by atoms with Crippen molar-refractivity contribution in [2.75, 3.05) is 11.1 Å². The van der Waals surface area contributed by atoms with Crippen molar-refractivity contribution in [2.24, 2.45) is 0 Å². The first-order valence-electron chi connectivity index (χ1n) is 8.99. The SMILES string of the molecule is C=C/C(=C\C=C/C)c1cc(Nc2ccccc2/C(C)=C/CC)ccc1N. The van der Waals surface area contributed by atoms with Crippen molar-refractivity contribution >= 4 is 28.2 Å². The van der Waals surface area contributed by atoms with E-state index in [1.807, 2.05) is 49.4 Å². The van der Waals surface area contributed by atoms with Gasteiger partial charge in [-0.25, -0.2) is 0 Å². The molecule has 0 aliphatic heterocycles. The van der Waals surface area contributed by atoms with Crippen molar-refractivity contribution in [3.8, 4) is 0 Å². The molecule has 134 valence electrons. The van der Waals surface area contributed by atoms with Gasteiger partial charge in [0, 0.05) is 28.2 Å². The third-order valence-electron chi connectivity index (χ3n) is 4.19. The zero-order valence-corrected chi connectivity index (χ0v) is 15.9. The van der Waals surface area contributed by atoms with E-state index < -0.39 is 0 Å². The highest BCUT2D eigenvalue weighted by Crippen LogP contribution is 2.30. The molecule has 0 aliphatic carbocycles. The number of nitrogens with two attached hydrogens (primary N) is 1. The van der Waals surface area contributed by atoms with Crippen molar-refractivity contribution in [3.63, 3.8) is 0 Å². The van der Waals surface area contributed by atoms with Gasteiger partial charge in [-0.3, -0.25) is 0 Å². The van der Waals surface area contributed by atoms with Crippen LogP contribution in [-0.2, 0) is 0 Å². The summed E-state index contributed by atoms with van der Waals surface area (Å²) in [6, 6.07) is 14.4. The fourth-order valence-electron chi connectivity index (χ4n) is 2.86. The lowest BCUT2D eigenvalue weighted by Crippen LogP contribution is -1.98. The van der Waals surface area contributed by atoms with Crippen LogP contribution < -0.4 is 11.1 Å². The van der Waals surface area contributed by atoms with Gasteiger partial charge < -0.3 is 11.1 Å². The third kappa shape index (κ3) is 4.76. The molecule has 0 heterocycles. The van der Waals surface area contributed by atoms with E-state index in [1.54, 1.807) is 0 Å². The summed E-state index contributed by atoms with van der Waals surface area (Å²) in [5, 5.41) is 3.54. The minimum absolute atomic E-state index is 0.738. The molecule has 0 fully saturated rings. The molecule has 2 aromatic carbocycles. The van der Waals surface area contributed by atoms with Gasteiger partial charge in [0.05, 0.1) is 0 Å². The number of nitrogen functional groups attached to an aromatic ring is 1. The van der Waals surface area contributed by atoms with Crippen molar-refractivity contribution in [1.82, 2.24) is 0 Å². The van der Waals surface area contributed by atoms with Crippen molar-refractivity contribution in [2.45, 2.75) is 27.2 Å². The standard InChI is InChI=1S/C24H28N2/c1-5-8-12-19(7-3)22-17-20(15-16-23(22)25)26-24-14-10-9-13-21(24)18(4)11-6-2/h5,7-17,26H,3,6,25H2,1-2,4H3/b8-5-,18-11+,19-12+. The second-order valence-corrected chi connectivity index (χ2v) is 6.12. The van der Waals surface area contributed by atoms with Crippen LogP contribution in [0.1, 0.15) is 38.3 Å². The summed E-state index contributed by atoms with van der Waals surface area (Å²) in [5.41, 5.74) is 13.5. The summed E-state index contributed by atoms with van der Waals surface area (Å²) in [4.78, 5) is 0. The van der Waals surface area contributed by atoms with Gasteiger partial charge in [0.15, 0.2) is 0 Å². The molecule has 0 amide bonds. The maximum Gasteiger partial charge on any atom is 0.0460 e. The monoisotopic (exact) mass is 344 g/mol. The van der Waals surface area contributed by atoms with Crippen LogP contribution in [0.4, 0.5) is 17.1 Å². The molecular formula is C24H28N2. The van der Waals surface area contributed by atoms with E-state index in [2.05, 4.69) is 56.1 Å². The maximum absolute atomic E-state index is 6.20. The lowest BCUT2D eigenvalue weighted by Gasteiger charge is -2.15. The normalized spacial score (nSPS) is 12.4. The molecule has 0 atom stereocenters. The molecule has 2 heteroatoms. The predicted molar refractivity (Wildman–Crippen MR) is 118 cm³/mol. The Bertz CT molecular complexity index is 854. The van der Waals surface area contributed by atoms with E-state index in [9.17, 15) is 0 Å². The van der Waals surface area contributed by atoms with Crippen molar-refractivity contribution < 1.29 is 0 Å². The smallest absolute Gasteiger partial charge is 0.0460 e. The first-order valence-corrected chi connectivity index (χ1v) is 8.99. The number of allylic oxidation sites excluding steroid dienone is 7. The van der Waals surface area contributed by atoms with Crippen LogP contribution in [0.5, 0.6) is 0 Å². The van der Waals surface area contributed by atoms with Crippen molar-refractivity contribution in [3.05, 3.63) is 90.6 Å². The predicted octanol–water partition coefficient (Wildman–Crippen LogP) is 6.97. The summed E-state index contributed by atoms with van der Waals surface area (Å²) in [6.07, 6.45) is 11.1. The second kappa shape index (κ2) is 9.47. The zero-order valence-electron chi connectivity index (χ0n) is 15.9. The van der Waals surface area contributed by atoms with Crippen LogP contribution in [0.2, 0.25) is 0 Å². The summed E-state index contributed by atoms with van der Waals surface area (Å²) in [5.74, 6) is 0. The first kappa shape index (κ1) is 19.3. The molecule has 0 radical (unpaired) electrons. The number of rotatable bonds is 7. The molecule has 2 rings (SSSR count). The summed E-state index contributed by atoms with van der Waals surface area (Å²) < 4.78 is 0. The highest BCUT2D eigenvalue weighted by atomic mass is 14.9. The lowest BCUT2D eigenvalue weighted by atomic mass is 10.0. The highest BCUT2D eigenvalue weighted by Gasteiger charge is 2.07. The molecule has 0 unspecified atom stereocenters. The van der Waals surface area contributed by atoms with E-state index in [-0.39, 0.29) is 0 Å². The van der Waals surface area contributed by atoms with Crippen LogP contribution in [0.25, 0.3) is 11.1 Å². The number of nitrogens with one attached hydrogen (secondary N) is 1. The van der Waals surface area contributed by atoms with Gasteiger partial charge >= 0.3 is 0 Å². The highest BCUT2D eigenvalue weighted by molar-refractivity contribution is 5.85. The average Bonchev–Trinajstić information content (AvgIpc) is 2.65. The van der Waals surface area contributed by atoms with E-state index in [1.165, 1.54) is 11.1 Å². The number of hydrogen-bond acceptors (Lipinski definition) is 2. The molecule has 2 nitrogen and oxygen atoms in total. The number of benzene rings is 2. The van der Waals surface area contributed by atoms with Crippen LogP contribution in [0, 0.1) is 0 Å². The Labute approximate surface area is 157 Å². The molecule has 2 aromatic rings. The molecule has 0 aliphatic rings. The van der Waals surface area contributed by atoms with Gasteiger partial charge in [0.25, 0.3) is 0 Å². The van der Waals surface area contributed by atoms with Crippen LogP contribution >= 0.6 is 0 Å². The molecular weight excluding hydrogens is 316 g/mol. The fourth-order valence-corrected chi connectivity index (χ4v) is 2.86. The van der Waals surface area contributed by atoms with Gasteiger partial charge in [0.2, 0.25) is 0 Å². The Balaban J connectivity index is 2.42. The Hall–Kier alpha value is -3.00. The molecule has 0 saturated heterocycles. The minimum atomic E-state index is 0.738. The van der Waals surface area contributed by atoms with Crippen LogP contribution in [-0.4, -0.2) is 0 Å². The molecule has 0 aromatic heterocycles. The summed E-state index contributed by atoms with van der Waals surface area (Å²) in [7, 11) is 0. The summed E-state index contributed by atoms with van der Waals surface area (Å²) in [6.45, 7) is 10.2. The van der Waals surface area contributed by atoms with E-state index in [0.29, 0.717) is 0 Å². The molecule has 0 spiro atoms. The Morgan fingerprint density at radius 3 is 2.62 bits per heavy atom. The Morgan fingerprint density at radius 2 is 1.92 bits per heavy atom. The van der Waals surface area contributed by atoms with Gasteiger partial charge in [-0.15, -0.1) is 0 Å². The second-order valence-electron chi connectivity index (χ2n) is 6.12. The average molecular weight is 345 g/mol. The van der Waals surface area contributed by atoms with Crippen LogP contribution in [0.15, 0.2) is 79.4 Å².